The van der Waals surface area contributed by atoms with Gasteiger partial charge in [-0.1, -0.05) is 16.5 Å². The Balaban J connectivity index is 1.57. The third-order valence-corrected chi connectivity index (χ3v) is 5.26. The summed E-state index contributed by atoms with van der Waals surface area (Å²) in [5, 5.41) is 7.73. The molecule has 0 spiro atoms. The average molecular weight is 358 g/mol. The molecule has 7 nitrogen and oxygen atoms in total. The van der Waals surface area contributed by atoms with Crippen LogP contribution in [0.1, 0.15) is 21.8 Å². The van der Waals surface area contributed by atoms with Gasteiger partial charge in [0.15, 0.2) is 5.13 Å². The highest BCUT2D eigenvalue weighted by atomic mass is 32.1. The molecule has 8 heteroatoms. The van der Waals surface area contributed by atoms with Gasteiger partial charge in [0.1, 0.15) is 11.3 Å². The molecular weight excluding hydrogens is 340 g/mol. The van der Waals surface area contributed by atoms with Crippen LogP contribution in [0.15, 0.2) is 22.7 Å². The van der Waals surface area contributed by atoms with Crippen molar-refractivity contribution >= 4 is 38.3 Å². The van der Waals surface area contributed by atoms with Crippen LogP contribution in [-0.4, -0.2) is 42.4 Å². The summed E-state index contributed by atoms with van der Waals surface area (Å²) >= 11 is 1.63. The number of aromatic nitrogens is 2. The second kappa shape index (κ2) is 6.45. The van der Waals surface area contributed by atoms with Gasteiger partial charge in [-0.15, -0.1) is 0 Å². The molecule has 1 N–H and O–H groups in total. The number of hydrogen-bond donors (Lipinski definition) is 1. The average Bonchev–Trinajstić information content (AvgIpc) is 3.18. The van der Waals surface area contributed by atoms with Gasteiger partial charge in [0, 0.05) is 18.8 Å². The maximum atomic E-state index is 12.5. The number of thiazole rings is 1. The van der Waals surface area contributed by atoms with Crippen molar-refractivity contribution < 1.29 is 14.1 Å². The van der Waals surface area contributed by atoms with Crippen molar-refractivity contribution in [3.63, 3.8) is 0 Å². The molecule has 3 heterocycles. The molecule has 0 aliphatic carbocycles. The lowest BCUT2D eigenvalue weighted by Gasteiger charge is -2.25. The topological polar surface area (TPSA) is 80.5 Å². The van der Waals surface area contributed by atoms with Crippen molar-refractivity contribution in [3.8, 4) is 0 Å². The Labute approximate surface area is 148 Å². The molecule has 1 fully saturated rings. The highest BCUT2D eigenvalue weighted by molar-refractivity contribution is 7.22. The van der Waals surface area contributed by atoms with Crippen LogP contribution in [0.3, 0.4) is 0 Å². The lowest BCUT2D eigenvalue weighted by atomic mass is 10.2. The Kier molecular flexibility index (Phi) is 4.14. The zero-order chi connectivity index (χ0) is 17.4. The van der Waals surface area contributed by atoms with Gasteiger partial charge >= 0.3 is 0 Å². The highest BCUT2D eigenvalue weighted by Crippen LogP contribution is 2.31. The molecule has 0 bridgehead atoms. The first kappa shape index (κ1) is 16.0. The Morgan fingerprint density at radius 1 is 1.28 bits per heavy atom. The van der Waals surface area contributed by atoms with Crippen LogP contribution >= 0.6 is 11.3 Å². The van der Waals surface area contributed by atoms with Crippen LogP contribution in [-0.2, 0) is 4.74 Å². The maximum Gasteiger partial charge on any atom is 0.261 e. The number of morpholine rings is 1. The zero-order valence-electron chi connectivity index (χ0n) is 14.0. The largest absolute Gasteiger partial charge is 0.378 e. The second-order valence-electron chi connectivity index (χ2n) is 5.93. The Bertz CT molecular complexity index is 908. The van der Waals surface area contributed by atoms with Gasteiger partial charge in [-0.2, -0.15) is 0 Å². The first-order chi connectivity index (χ1) is 12.1. The minimum atomic E-state index is -0.214. The third kappa shape index (κ3) is 3.10. The zero-order valence-corrected chi connectivity index (χ0v) is 14.9. The second-order valence-corrected chi connectivity index (χ2v) is 6.94. The molecular formula is C17H18N4O3S. The molecule has 1 saturated heterocycles. The van der Waals surface area contributed by atoms with Gasteiger partial charge in [0.25, 0.3) is 5.91 Å². The van der Waals surface area contributed by atoms with Crippen LogP contribution < -0.4 is 10.2 Å². The number of anilines is 2. The van der Waals surface area contributed by atoms with E-state index in [2.05, 4.69) is 20.4 Å². The van der Waals surface area contributed by atoms with Gasteiger partial charge in [-0.25, -0.2) is 4.98 Å². The van der Waals surface area contributed by atoms with Crippen molar-refractivity contribution in [1.29, 1.82) is 0 Å². The van der Waals surface area contributed by atoms with Gasteiger partial charge < -0.3 is 19.5 Å². The molecule has 1 amide bonds. The van der Waals surface area contributed by atoms with E-state index in [9.17, 15) is 4.79 Å². The number of nitrogens with one attached hydrogen (secondary N) is 1. The number of amides is 1. The van der Waals surface area contributed by atoms with Crippen LogP contribution in [0.4, 0.5) is 10.8 Å². The lowest BCUT2D eigenvalue weighted by molar-refractivity contribution is 0.102. The number of carbonyl (C=O) groups is 1. The van der Waals surface area contributed by atoms with Crippen molar-refractivity contribution in [3.05, 3.63) is 35.2 Å². The van der Waals surface area contributed by atoms with E-state index in [0.717, 1.165) is 47.3 Å². The molecule has 1 aromatic carbocycles. The Morgan fingerprint density at radius 2 is 2.08 bits per heavy atom. The molecule has 1 aliphatic heterocycles. The number of benzene rings is 1. The fourth-order valence-corrected chi connectivity index (χ4v) is 3.94. The van der Waals surface area contributed by atoms with E-state index in [0.29, 0.717) is 17.0 Å². The molecule has 130 valence electrons. The summed E-state index contributed by atoms with van der Waals surface area (Å²) in [6, 6.07) is 5.74. The third-order valence-electron chi connectivity index (χ3n) is 4.18. The molecule has 0 atom stereocenters. The first-order valence-electron chi connectivity index (χ1n) is 8.09. The fourth-order valence-electron chi connectivity index (χ4n) is 2.88. The molecule has 0 saturated carbocycles. The fraction of sp³-hybridized carbons (Fsp3) is 0.353. The normalized spacial score (nSPS) is 14.9. The number of carbonyl (C=O) groups excluding carboxylic acids is 1. The van der Waals surface area contributed by atoms with Crippen LogP contribution in [0.25, 0.3) is 10.2 Å². The summed E-state index contributed by atoms with van der Waals surface area (Å²) in [7, 11) is 0. The number of nitrogens with zero attached hydrogens (tertiary/aromatic N) is 3. The molecule has 4 rings (SSSR count). The van der Waals surface area contributed by atoms with E-state index >= 15 is 0 Å². The summed E-state index contributed by atoms with van der Waals surface area (Å²) in [6.07, 6.45) is 0. The number of hydrogen-bond acceptors (Lipinski definition) is 7. The Hall–Kier alpha value is -2.45. The smallest absolute Gasteiger partial charge is 0.261 e. The summed E-state index contributed by atoms with van der Waals surface area (Å²) in [6.45, 7) is 6.66. The molecule has 3 aromatic rings. The van der Waals surface area contributed by atoms with Crippen LogP contribution in [0.5, 0.6) is 0 Å². The van der Waals surface area contributed by atoms with Gasteiger partial charge in [0.05, 0.1) is 29.1 Å². The maximum absolute atomic E-state index is 12.5. The summed E-state index contributed by atoms with van der Waals surface area (Å²) < 4.78 is 11.5. The van der Waals surface area contributed by atoms with Gasteiger partial charge in [0.2, 0.25) is 0 Å². The number of fused-ring (bicyclic) bond motifs is 1. The number of aryl methyl sites for hydroxylation is 2. The molecule has 1 aliphatic rings. The molecule has 0 unspecified atom stereocenters. The summed E-state index contributed by atoms with van der Waals surface area (Å²) in [4.78, 5) is 19.4. The summed E-state index contributed by atoms with van der Waals surface area (Å²) in [5.41, 5.74) is 2.73. The van der Waals surface area contributed by atoms with Crippen molar-refractivity contribution in [2.75, 3.05) is 36.5 Å². The predicted molar refractivity (Wildman–Crippen MR) is 96.6 cm³/mol. The molecule has 2 aromatic heterocycles. The number of rotatable bonds is 3. The van der Waals surface area contributed by atoms with E-state index in [1.807, 2.05) is 18.2 Å². The van der Waals surface area contributed by atoms with E-state index < -0.39 is 0 Å². The van der Waals surface area contributed by atoms with Gasteiger partial charge in [-0.05, 0) is 32.0 Å². The molecule has 25 heavy (non-hydrogen) atoms. The highest BCUT2D eigenvalue weighted by Gasteiger charge is 2.19. The first-order valence-corrected chi connectivity index (χ1v) is 8.91. The van der Waals surface area contributed by atoms with Gasteiger partial charge in [-0.3, -0.25) is 4.79 Å². The Morgan fingerprint density at radius 3 is 2.80 bits per heavy atom. The predicted octanol–water partition coefficient (Wildman–Crippen LogP) is 2.99. The monoisotopic (exact) mass is 358 g/mol. The summed E-state index contributed by atoms with van der Waals surface area (Å²) in [5.74, 6) is 0.303. The van der Waals surface area contributed by atoms with Crippen molar-refractivity contribution in [1.82, 2.24) is 10.1 Å². The van der Waals surface area contributed by atoms with Crippen LogP contribution in [0.2, 0.25) is 0 Å². The van der Waals surface area contributed by atoms with E-state index in [-0.39, 0.29) is 5.91 Å². The van der Waals surface area contributed by atoms with Crippen molar-refractivity contribution in [2.45, 2.75) is 13.8 Å². The SMILES string of the molecule is Cc1noc(C)c1C(=O)Nc1ccc2nc(N3CCOCC3)sc2c1. The minimum Gasteiger partial charge on any atom is -0.378 e. The van der Waals surface area contributed by atoms with Crippen LogP contribution in [0, 0.1) is 13.8 Å². The molecule has 0 radical (unpaired) electrons. The van der Waals surface area contributed by atoms with E-state index in [4.69, 9.17) is 9.26 Å². The van der Waals surface area contributed by atoms with Crippen molar-refractivity contribution in [2.24, 2.45) is 0 Å². The minimum absolute atomic E-state index is 0.214. The van der Waals surface area contributed by atoms with E-state index in [1.54, 1.807) is 25.2 Å². The lowest BCUT2D eigenvalue weighted by Crippen LogP contribution is -2.36. The van der Waals surface area contributed by atoms with E-state index in [1.165, 1.54) is 0 Å². The number of ether oxygens (including phenoxy) is 1. The quantitative estimate of drug-likeness (QED) is 0.775. The standard InChI is InChI=1S/C17H18N4O3S/c1-10-15(11(2)24-20-10)16(22)18-12-3-4-13-14(9-12)25-17(19-13)21-5-7-23-8-6-21/h3-4,9H,5-8H2,1-2H3,(H,18,22).